The van der Waals surface area contributed by atoms with Gasteiger partial charge in [0.2, 0.25) is 11.8 Å². The van der Waals surface area contributed by atoms with Crippen LogP contribution in [0, 0.1) is 0 Å². The Kier molecular flexibility index (Phi) is 9.16. The number of halogens is 2. The Morgan fingerprint density at radius 1 is 1.11 bits per heavy atom. The van der Waals surface area contributed by atoms with E-state index in [4.69, 9.17) is 23.2 Å². The van der Waals surface area contributed by atoms with Crippen LogP contribution in [0.5, 0.6) is 0 Å². The molecule has 0 saturated carbocycles. The summed E-state index contributed by atoms with van der Waals surface area (Å²) in [4.78, 5) is 28.1. The Morgan fingerprint density at radius 3 is 2.43 bits per heavy atom. The molecule has 1 N–H and O–H groups in total. The smallest absolute Gasteiger partial charge is 0.242 e. The lowest BCUT2D eigenvalue weighted by atomic mass is 10.1. The molecule has 0 bridgehead atoms. The van der Waals surface area contributed by atoms with Gasteiger partial charge in [-0.15, -0.1) is 11.8 Å². The number of hydrogen-bond acceptors (Lipinski definition) is 3. The van der Waals surface area contributed by atoms with E-state index in [-0.39, 0.29) is 11.8 Å². The van der Waals surface area contributed by atoms with E-state index < -0.39 is 6.04 Å². The van der Waals surface area contributed by atoms with Gasteiger partial charge in [-0.05, 0) is 36.2 Å². The molecule has 2 rings (SSSR count). The molecule has 150 valence electrons. The van der Waals surface area contributed by atoms with Crippen molar-refractivity contribution in [2.75, 3.05) is 12.8 Å². The van der Waals surface area contributed by atoms with Crippen LogP contribution in [0.25, 0.3) is 0 Å². The van der Waals surface area contributed by atoms with Crippen molar-refractivity contribution < 1.29 is 9.59 Å². The monoisotopic (exact) mass is 438 g/mol. The van der Waals surface area contributed by atoms with Crippen LogP contribution >= 0.6 is 35.0 Å². The van der Waals surface area contributed by atoms with Crippen LogP contribution in [0.4, 0.5) is 0 Å². The Bertz CT molecular complexity index is 802. The summed E-state index contributed by atoms with van der Waals surface area (Å²) in [5.74, 6) is 0.404. The SMILES string of the molecule is CC[C@@H](C(=O)NC)N(Cc1ccc(Cl)c(Cl)c1)C(=O)CCSc1ccccc1. The van der Waals surface area contributed by atoms with Crippen molar-refractivity contribution in [3.05, 3.63) is 64.1 Å². The highest BCUT2D eigenvalue weighted by Crippen LogP contribution is 2.25. The predicted octanol–water partition coefficient (Wildman–Crippen LogP) is 5.03. The van der Waals surface area contributed by atoms with Crippen molar-refractivity contribution in [1.82, 2.24) is 10.2 Å². The first-order valence-electron chi connectivity index (χ1n) is 9.09. The molecule has 2 aromatic rings. The lowest BCUT2D eigenvalue weighted by Crippen LogP contribution is -2.48. The number of thioether (sulfide) groups is 1. The number of carbonyl (C=O) groups is 2. The molecule has 4 nitrogen and oxygen atoms in total. The number of hydrogen-bond donors (Lipinski definition) is 1. The van der Waals surface area contributed by atoms with E-state index in [0.29, 0.717) is 35.2 Å². The summed E-state index contributed by atoms with van der Waals surface area (Å²) in [5.41, 5.74) is 0.834. The number of amides is 2. The fraction of sp³-hybridized carbons (Fsp3) is 0.333. The highest BCUT2D eigenvalue weighted by molar-refractivity contribution is 7.99. The maximum Gasteiger partial charge on any atom is 0.242 e. The zero-order valence-electron chi connectivity index (χ0n) is 16.0. The first-order valence-corrected chi connectivity index (χ1v) is 10.8. The lowest BCUT2D eigenvalue weighted by Gasteiger charge is -2.30. The molecule has 0 fully saturated rings. The van der Waals surface area contributed by atoms with Crippen LogP contribution in [0.1, 0.15) is 25.3 Å². The number of benzene rings is 2. The molecule has 2 amide bonds. The van der Waals surface area contributed by atoms with Gasteiger partial charge < -0.3 is 10.2 Å². The number of nitrogens with zero attached hydrogens (tertiary/aromatic N) is 1. The third kappa shape index (κ3) is 6.43. The lowest BCUT2D eigenvalue weighted by molar-refractivity contribution is -0.140. The highest BCUT2D eigenvalue weighted by atomic mass is 35.5. The van der Waals surface area contributed by atoms with Crippen molar-refractivity contribution in [3.8, 4) is 0 Å². The van der Waals surface area contributed by atoms with E-state index >= 15 is 0 Å². The van der Waals surface area contributed by atoms with Gasteiger partial charge in [0, 0.05) is 30.7 Å². The summed E-state index contributed by atoms with van der Waals surface area (Å²) in [7, 11) is 1.58. The van der Waals surface area contributed by atoms with Gasteiger partial charge in [0.05, 0.1) is 10.0 Å². The number of likely N-dealkylation sites (N-methyl/N-ethyl adjacent to an activating group) is 1. The Labute approximate surface area is 180 Å². The fourth-order valence-electron chi connectivity index (χ4n) is 2.84. The van der Waals surface area contributed by atoms with Gasteiger partial charge in [-0.25, -0.2) is 0 Å². The van der Waals surface area contributed by atoms with Crippen LogP contribution in [0.15, 0.2) is 53.4 Å². The summed E-state index contributed by atoms with van der Waals surface area (Å²) in [6.45, 7) is 2.20. The van der Waals surface area contributed by atoms with Gasteiger partial charge in [-0.2, -0.15) is 0 Å². The molecule has 0 radical (unpaired) electrons. The summed E-state index contributed by atoms with van der Waals surface area (Å²) >= 11 is 13.7. The molecular weight excluding hydrogens is 415 g/mol. The highest BCUT2D eigenvalue weighted by Gasteiger charge is 2.27. The zero-order valence-corrected chi connectivity index (χ0v) is 18.3. The van der Waals surface area contributed by atoms with E-state index in [9.17, 15) is 9.59 Å². The molecule has 7 heteroatoms. The number of nitrogens with one attached hydrogen (secondary N) is 1. The van der Waals surface area contributed by atoms with Crippen LogP contribution in [-0.4, -0.2) is 35.6 Å². The van der Waals surface area contributed by atoms with Crippen molar-refractivity contribution in [1.29, 1.82) is 0 Å². The molecule has 0 saturated heterocycles. The first-order chi connectivity index (χ1) is 13.5. The molecule has 0 aliphatic carbocycles. The van der Waals surface area contributed by atoms with E-state index in [2.05, 4.69) is 5.32 Å². The van der Waals surface area contributed by atoms with Crippen molar-refractivity contribution in [3.63, 3.8) is 0 Å². The van der Waals surface area contributed by atoms with Crippen molar-refractivity contribution in [2.24, 2.45) is 0 Å². The topological polar surface area (TPSA) is 49.4 Å². The maximum absolute atomic E-state index is 13.0. The third-order valence-corrected chi connectivity index (χ3v) is 6.05. The zero-order chi connectivity index (χ0) is 20.5. The number of rotatable bonds is 9. The van der Waals surface area contributed by atoms with Crippen molar-refractivity contribution >= 4 is 46.8 Å². The van der Waals surface area contributed by atoms with E-state index in [0.717, 1.165) is 10.5 Å². The molecule has 0 aromatic heterocycles. The molecular formula is C21H24Cl2N2O2S. The van der Waals surface area contributed by atoms with Crippen LogP contribution < -0.4 is 5.32 Å². The van der Waals surface area contributed by atoms with Crippen LogP contribution in [0.2, 0.25) is 10.0 Å². The maximum atomic E-state index is 13.0. The van der Waals surface area contributed by atoms with E-state index in [1.165, 1.54) is 0 Å². The minimum atomic E-state index is -0.534. The second-order valence-corrected chi connectivity index (χ2v) is 8.20. The standard InChI is InChI=1S/C21H24Cl2N2O2S/c1-3-19(21(27)24-2)25(14-15-9-10-17(22)18(23)13-15)20(26)11-12-28-16-7-5-4-6-8-16/h4-10,13,19H,3,11-12,14H2,1-2H3,(H,24,27)/t19-/m0/s1. The molecule has 0 aliphatic rings. The van der Waals surface area contributed by atoms with Crippen molar-refractivity contribution in [2.45, 2.75) is 37.2 Å². The van der Waals surface area contributed by atoms with E-state index in [1.807, 2.05) is 43.3 Å². The van der Waals surface area contributed by atoms with Gasteiger partial charge in [0.15, 0.2) is 0 Å². The molecule has 0 unspecified atom stereocenters. The minimum Gasteiger partial charge on any atom is -0.357 e. The second-order valence-electron chi connectivity index (χ2n) is 6.22. The summed E-state index contributed by atoms with van der Waals surface area (Å²) < 4.78 is 0. The molecule has 28 heavy (non-hydrogen) atoms. The van der Waals surface area contributed by atoms with Gasteiger partial charge in [-0.3, -0.25) is 9.59 Å². The van der Waals surface area contributed by atoms with Gasteiger partial charge in [0.25, 0.3) is 0 Å². The van der Waals surface area contributed by atoms with E-state index in [1.54, 1.807) is 35.8 Å². The number of carbonyl (C=O) groups excluding carboxylic acids is 2. The Hall–Kier alpha value is -1.69. The average Bonchev–Trinajstić information content (AvgIpc) is 2.70. The fourth-order valence-corrected chi connectivity index (χ4v) is 4.02. The summed E-state index contributed by atoms with van der Waals surface area (Å²) in [6, 6.07) is 14.7. The van der Waals surface area contributed by atoms with Crippen LogP contribution in [-0.2, 0) is 16.1 Å². The molecule has 0 spiro atoms. The molecule has 2 aromatic carbocycles. The van der Waals surface area contributed by atoms with Gasteiger partial charge >= 0.3 is 0 Å². The molecule has 0 heterocycles. The third-order valence-electron chi connectivity index (χ3n) is 4.30. The normalized spacial score (nSPS) is 11.7. The first kappa shape index (κ1) is 22.6. The largest absolute Gasteiger partial charge is 0.357 e. The average molecular weight is 439 g/mol. The van der Waals surface area contributed by atoms with Gasteiger partial charge in [0.1, 0.15) is 6.04 Å². The minimum absolute atomic E-state index is 0.0649. The second kappa shape index (κ2) is 11.3. The van der Waals surface area contributed by atoms with Gasteiger partial charge in [-0.1, -0.05) is 54.4 Å². The Balaban J connectivity index is 2.12. The van der Waals surface area contributed by atoms with Crippen LogP contribution in [0.3, 0.4) is 0 Å². The summed E-state index contributed by atoms with van der Waals surface area (Å²) in [6.07, 6.45) is 0.868. The molecule has 1 atom stereocenters. The summed E-state index contributed by atoms with van der Waals surface area (Å²) in [5, 5.41) is 3.54. The quantitative estimate of drug-likeness (QED) is 0.558. The Morgan fingerprint density at radius 2 is 1.82 bits per heavy atom. The molecule has 0 aliphatic heterocycles. The predicted molar refractivity (Wildman–Crippen MR) is 117 cm³/mol.